The van der Waals surface area contributed by atoms with Gasteiger partial charge in [-0.3, -0.25) is 9.69 Å². The fourth-order valence-electron chi connectivity index (χ4n) is 2.56. The van der Waals surface area contributed by atoms with Crippen LogP contribution in [0.25, 0.3) is 0 Å². The van der Waals surface area contributed by atoms with E-state index in [-0.39, 0.29) is 11.9 Å². The molecule has 1 aliphatic heterocycles. The monoisotopic (exact) mass is 295 g/mol. The number of rotatable bonds is 5. The minimum absolute atomic E-state index is 0.0341. The second-order valence-electron chi connectivity index (χ2n) is 5.37. The van der Waals surface area contributed by atoms with Gasteiger partial charge in [-0.25, -0.2) is 0 Å². The molecule has 1 heterocycles. The number of hydrogen-bond donors (Lipinski definition) is 2. The number of amides is 1. The third kappa shape index (κ3) is 3.95. The van der Waals surface area contributed by atoms with E-state index in [9.17, 15) is 4.79 Å². The largest absolute Gasteiger partial charge is 0.348 e. The Morgan fingerprint density at radius 3 is 2.95 bits per heavy atom. The molecule has 0 aliphatic carbocycles. The standard InChI is InChI=1S/C15H22ClN3O/c1-11(13-5-3-4-6-14(13)16)18-15(20)10-19(2)12-7-8-17-9-12/h3-6,11-12,17H,7-10H2,1-2H3,(H,18,20). The van der Waals surface area contributed by atoms with Crippen molar-refractivity contribution in [3.05, 3.63) is 34.9 Å². The quantitative estimate of drug-likeness (QED) is 0.871. The maximum atomic E-state index is 12.1. The Hall–Kier alpha value is -1.10. The number of nitrogens with one attached hydrogen (secondary N) is 2. The van der Waals surface area contributed by atoms with Gasteiger partial charge in [0.1, 0.15) is 0 Å². The van der Waals surface area contributed by atoms with Crippen LogP contribution in [-0.2, 0) is 4.79 Å². The van der Waals surface area contributed by atoms with Gasteiger partial charge in [0.25, 0.3) is 0 Å². The van der Waals surface area contributed by atoms with Gasteiger partial charge in [-0.2, -0.15) is 0 Å². The first kappa shape index (κ1) is 15.3. The Labute approximate surface area is 125 Å². The summed E-state index contributed by atoms with van der Waals surface area (Å²) in [5.74, 6) is 0.0341. The van der Waals surface area contributed by atoms with Gasteiger partial charge in [-0.15, -0.1) is 0 Å². The Morgan fingerprint density at radius 2 is 2.30 bits per heavy atom. The summed E-state index contributed by atoms with van der Waals surface area (Å²) >= 11 is 6.14. The van der Waals surface area contributed by atoms with Crippen LogP contribution in [0.5, 0.6) is 0 Å². The number of likely N-dealkylation sites (N-methyl/N-ethyl adjacent to an activating group) is 1. The molecule has 1 amide bonds. The average molecular weight is 296 g/mol. The van der Waals surface area contributed by atoms with Crippen molar-refractivity contribution in [3.8, 4) is 0 Å². The maximum Gasteiger partial charge on any atom is 0.234 e. The van der Waals surface area contributed by atoms with E-state index in [0.29, 0.717) is 17.6 Å². The van der Waals surface area contributed by atoms with Gasteiger partial charge in [-0.05, 0) is 38.6 Å². The Morgan fingerprint density at radius 1 is 1.55 bits per heavy atom. The second-order valence-corrected chi connectivity index (χ2v) is 5.78. The first-order chi connectivity index (χ1) is 9.58. The fraction of sp³-hybridized carbons (Fsp3) is 0.533. The van der Waals surface area contributed by atoms with Gasteiger partial charge < -0.3 is 10.6 Å². The molecular formula is C15H22ClN3O. The van der Waals surface area contributed by atoms with E-state index >= 15 is 0 Å². The Kier molecular flexibility index (Phi) is 5.40. The van der Waals surface area contributed by atoms with E-state index in [4.69, 9.17) is 11.6 Å². The molecule has 1 aromatic rings. The van der Waals surface area contributed by atoms with E-state index in [1.54, 1.807) is 0 Å². The molecule has 0 aromatic heterocycles. The molecule has 0 spiro atoms. The van der Waals surface area contributed by atoms with Crippen LogP contribution in [0.2, 0.25) is 5.02 Å². The summed E-state index contributed by atoms with van der Waals surface area (Å²) in [6, 6.07) is 7.98. The van der Waals surface area contributed by atoms with Crippen molar-refractivity contribution >= 4 is 17.5 Å². The van der Waals surface area contributed by atoms with Crippen LogP contribution >= 0.6 is 11.6 Å². The number of nitrogens with zero attached hydrogens (tertiary/aromatic N) is 1. The summed E-state index contributed by atoms with van der Waals surface area (Å²) < 4.78 is 0. The highest BCUT2D eigenvalue weighted by atomic mass is 35.5. The summed E-state index contributed by atoms with van der Waals surface area (Å²) in [5, 5.41) is 7.00. The predicted octanol–water partition coefficient (Wildman–Crippen LogP) is 1.81. The molecule has 0 bridgehead atoms. The summed E-state index contributed by atoms with van der Waals surface area (Å²) in [6.07, 6.45) is 1.10. The number of carbonyl (C=O) groups is 1. The normalized spacial score (nSPS) is 20.1. The van der Waals surface area contributed by atoms with E-state index < -0.39 is 0 Å². The zero-order valence-corrected chi connectivity index (χ0v) is 12.8. The van der Waals surface area contributed by atoms with Crippen molar-refractivity contribution in [3.63, 3.8) is 0 Å². The number of carbonyl (C=O) groups excluding carboxylic acids is 1. The molecule has 0 radical (unpaired) electrons. The lowest BCUT2D eigenvalue weighted by Gasteiger charge is -2.24. The molecule has 2 unspecified atom stereocenters. The summed E-state index contributed by atoms with van der Waals surface area (Å²) in [5.41, 5.74) is 0.952. The Bertz CT molecular complexity index is 460. The van der Waals surface area contributed by atoms with Crippen molar-refractivity contribution in [2.75, 3.05) is 26.7 Å². The molecular weight excluding hydrogens is 274 g/mol. The molecule has 110 valence electrons. The second kappa shape index (κ2) is 7.07. The van der Waals surface area contributed by atoms with Crippen molar-refractivity contribution in [2.45, 2.75) is 25.4 Å². The van der Waals surface area contributed by atoms with Gasteiger partial charge >= 0.3 is 0 Å². The highest BCUT2D eigenvalue weighted by Crippen LogP contribution is 2.22. The fourth-order valence-corrected chi connectivity index (χ4v) is 2.86. The minimum atomic E-state index is -0.0775. The molecule has 0 saturated carbocycles. The van der Waals surface area contributed by atoms with Gasteiger partial charge in [-0.1, -0.05) is 29.8 Å². The summed E-state index contributed by atoms with van der Waals surface area (Å²) in [7, 11) is 2.00. The first-order valence-electron chi connectivity index (χ1n) is 7.02. The van der Waals surface area contributed by atoms with Crippen LogP contribution in [0, 0.1) is 0 Å². The molecule has 4 nitrogen and oxygen atoms in total. The van der Waals surface area contributed by atoms with Crippen LogP contribution in [0.15, 0.2) is 24.3 Å². The number of hydrogen-bond acceptors (Lipinski definition) is 3. The Balaban J connectivity index is 1.86. The van der Waals surface area contributed by atoms with E-state index in [1.165, 1.54) is 0 Å². The van der Waals surface area contributed by atoms with Crippen LogP contribution in [-0.4, -0.2) is 43.5 Å². The topological polar surface area (TPSA) is 44.4 Å². The van der Waals surface area contributed by atoms with Gasteiger partial charge in [0.05, 0.1) is 12.6 Å². The minimum Gasteiger partial charge on any atom is -0.348 e. The van der Waals surface area contributed by atoms with E-state index in [2.05, 4.69) is 15.5 Å². The van der Waals surface area contributed by atoms with Crippen LogP contribution < -0.4 is 10.6 Å². The zero-order valence-electron chi connectivity index (χ0n) is 12.0. The smallest absolute Gasteiger partial charge is 0.234 e. The SMILES string of the molecule is CC(NC(=O)CN(C)C1CCNC1)c1ccccc1Cl. The van der Waals surface area contributed by atoms with Crippen LogP contribution in [0.4, 0.5) is 0 Å². The molecule has 2 rings (SSSR count). The van der Waals surface area contributed by atoms with Crippen LogP contribution in [0.1, 0.15) is 24.9 Å². The lowest BCUT2D eigenvalue weighted by Crippen LogP contribution is -2.42. The third-order valence-corrected chi connectivity index (χ3v) is 4.14. The van der Waals surface area contributed by atoms with Gasteiger partial charge in [0.2, 0.25) is 5.91 Å². The van der Waals surface area contributed by atoms with Crippen LogP contribution in [0.3, 0.4) is 0 Å². The molecule has 1 aliphatic rings. The van der Waals surface area contributed by atoms with Gasteiger partial charge in [0, 0.05) is 17.6 Å². The van der Waals surface area contributed by atoms with E-state index in [1.807, 2.05) is 38.2 Å². The van der Waals surface area contributed by atoms with Crippen molar-refractivity contribution in [2.24, 2.45) is 0 Å². The van der Waals surface area contributed by atoms with Gasteiger partial charge in [0.15, 0.2) is 0 Å². The maximum absolute atomic E-state index is 12.1. The molecule has 1 saturated heterocycles. The molecule has 20 heavy (non-hydrogen) atoms. The van der Waals surface area contributed by atoms with Crippen molar-refractivity contribution in [1.29, 1.82) is 0 Å². The summed E-state index contributed by atoms with van der Waals surface area (Å²) in [4.78, 5) is 14.2. The third-order valence-electron chi connectivity index (χ3n) is 3.80. The highest BCUT2D eigenvalue weighted by Gasteiger charge is 2.21. The summed E-state index contributed by atoms with van der Waals surface area (Å²) in [6.45, 7) is 4.37. The molecule has 1 aromatic carbocycles. The lowest BCUT2D eigenvalue weighted by atomic mass is 10.1. The molecule has 1 fully saturated rings. The van der Waals surface area contributed by atoms with Crippen molar-refractivity contribution < 1.29 is 4.79 Å². The van der Waals surface area contributed by atoms with E-state index in [0.717, 1.165) is 25.1 Å². The highest BCUT2D eigenvalue weighted by molar-refractivity contribution is 6.31. The first-order valence-corrected chi connectivity index (χ1v) is 7.40. The molecule has 2 N–H and O–H groups in total. The predicted molar refractivity (Wildman–Crippen MR) is 81.9 cm³/mol. The molecule has 2 atom stereocenters. The lowest BCUT2D eigenvalue weighted by molar-refractivity contribution is -0.123. The number of benzene rings is 1. The average Bonchev–Trinajstić information content (AvgIpc) is 2.92. The number of halogens is 1. The van der Waals surface area contributed by atoms with Crippen molar-refractivity contribution in [1.82, 2.24) is 15.5 Å². The molecule has 5 heteroatoms. The zero-order chi connectivity index (χ0) is 14.5.